The molecule has 6 heteroatoms. The van der Waals surface area contributed by atoms with Gasteiger partial charge < -0.3 is 10.2 Å². The monoisotopic (exact) mass is 358 g/mol. The Labute approximate surface area is 155 Å². The molecule has 1 N–H and O–H groups in total. The first kappa shape index (κ1) is 17.7. The van der Waals surface area contributed by atoms with Crippen LogP contribution in [0.3, 0.4) is 0 Å². The van der Waals surface area contributed by atoms with Gasteiger partial charge in [-0.15, -0.1) is 0 Å². The van der Waals surface area contributed by atoms with Crippen molar-refractivity contribution in [3.8, 4) is 0 Å². The van der Waals surface area contributed by atoms with E-state index in [1.165, 1.54) is 12.8 Å². The van der Waals surface area contributed by atoms with Gasteiger partial charge in [-0.05, 0) is 71.0 Å². The summed E-state index contributed by atoms with van der Waals surface area (Å²) in [5.41, 5.74) is 1.08. The summed E-state index contributed by atoms with van der Waals surface area (Å²) in [5.74, 6) is 0.906. The average Bonchev–Trinajstić information content (AvgIpc) is 3.48. The molecule has 1 amide bonds. The highest BCUT2D eigenvalue weighted by Crippen LogP contribution is 2.38. The van der Waals surface area contributed by atoms with Crippen LogP contribution in [0.1, 0.15) is 69.0 Å². The van der Waals surface area contributed by atoms with Gasteiger partial charge in [-0.3, -0.25) is 9.59 Å². The Morgan fingerprint density at radius 1 is 1.12 bits per heavy atom. The van der Waals surface area contributed by atoms with Crippen LogP contribution in [0.4, 0.5) is 0 Å². The summed E-state index contributed by atoms with van der Waals surface area (Å²) in [5, 5.41) is 7.90. The van der Waals surface area contributed by atoms with Crippen LogP contribution in [0.15, 0.2) is 16.9 Å². The van der Waals surface area contributed by atoms with Crippen molar-refractivity contribution in [3.05, 3.63) is 28.2 Å². The van der Waals surface area contributed by atoms with E-state index in [9.17, 15) is 9.59 Å². The summed E-state index contributed by atoms with van der Waals surface area (Å²) in [6, 6.07) is 3.99. The summed E-state index contributed by atoms with van der Waals surface area (Å²) in [6.07, 6.45) is 8.18. The van der Waals surface area contributed by atoms with Crippen LogP contribution < -0.4 is 10.9 Å². The molecule has 2 saturated carbocycles. The normalized spacial score (nSPS) is 30.1. The number of carbonyl (C=O) groups excluding carboxylic acids is 1. The van der Waals surface area contributed by atoms with Crippen LogP contribution in [-0.4, -0.2) is 46.8 Å². The number of nitrogens with one attached hydrogen (secondary N) is 1. The maximum absolute atomic E-state index is 12.5. The van der Waals surface area contributed by atoms with Gasteiger partial charge in [-0.1, -0.05) is 0 Å². The maximum atomic E-state index is 12.5. The van der Waals surface area contributed by atoms with Gasteiger partial charge in [-0.2, -0.15) is 5.10 Å². The molecule has 3 aliphatic rings. The highest BCUT2D eigenvalue weighted by Gasteiger charge is 2.30. The van der Waals surface area contributed by atoms with Gasteiger partial charge in [0.1, 0.15) is 0 Å². The molecule has 1 unspecified atom stereocenters. The molecule has 3 fully saturated rings. The third kappa shape index (κ3) is 4.00. The fourth-order valence-corrected chi connectivity index (χ4v) is 4.46. The Morgan fingerprint density at radius 3 is 2.58 bits per heavy atom. The van der Waals surface area contributed by atoms with Gasteiger partial charge >= 0.3 is 0 Å². The number of piperidine rings is 1. The Bertz CT molecular complexity index is 704. The Hall–Kier alpha value is -1.69. The molecule has 1 atom stereocenters. The largest absolute Gasteiger partial charge is 0.353 e. The zero-order chi connectivity index (χ0) is 18.1. The summed E-state index contributed by atoms with van der Waals surface area (Å²) < 4.78 is 1.71. The number of likely N-dealkylation sites (tertiary alicyclic amines) is 1. The van der Waals surface area contributed by atoms with Crippen molar-refractivity contribution < 1.29 is 4.79 Å². The third-order valence-electron chi connectivity index (χ3n) is 6.23. The highest BCUT2D eigenvalue weighted by molar-refractivity contribution is 5.79. The minimum absolute atomic E-state index is 0.00660. The van der Waals surface area contributed by atoms with Crippen LogP contribution in [0.25, 0.3) is 0 Å². The number of amides is 1. The van der Waals surface area contributed by atoms with E-state index in [1.807, 2.05) is 6.07 Å². The molecular formula is C20H30N4O2. The Morgan fingerprint density at radius 2 is 1.88 bits per heavy atom. The maximum Gasteiger partial charge on any atom is 0.267 e. The second kappa shape index (κ2) is 7.51. The minimum Gasteiger partial charge on any atom is -0.353 e. The molecule has 1 saturated heterocycles. The molecule has 4 rings (SSSR count). The van der Waals surface area contributed by atoms with Gasteiger partial charge in [0.2, 0.25) is 5.91 Å². The summed E-state index contributed by atoms with van der Waals surface area (Å²) >= 11 is 0. The average molecular weight is 358 g/mol. The zero-order valence-electron chi connectivity index (χ0n) is 15.7. The van der Waals surface area contributed by atoms with E-state index in [2.05, 4.69) is 22.4 Å². The standard InChI is InChI=1S/C20H30N4O2/c1-23-12-2-3-15(13-23)20(26)21-16-6-8-17(9-7-16)24-19(25)11-10-18(22-24)14-4-5-14/h10-11,14-17H,2-9,12-13H2,1H3,(H,21,26). The van der Waals surface area contributed by atoms with E-state index in [0.29, 0.717) is 5.92 Å². The molecule has 6 nitrogen and oxygen atoms in total. The SMILES string of the molecule is CN1CCCC(C(=O)NC2CCC(n3nc(C4CC4)ccc3=O)CC2)C1. The molecule has 0 bridgehead atoms. The zero-order valence-corrected chi connectivity index (χ0v) is 15.7. The quantitative estimate of drug-likeness (QED) is 0.895. The van der Waals surface area contributed by atoms with E-state index in [1.54, 1.807) is 10.7 Å². The van der Waals surface area contributed by atoms with Crippen LogP contribution in [0.2, 0.25) is 0 Å². The molecule has 0 spiro atoms. The van der Waals surface area contributed by atoms with E-state index in [0.717, 1.165) is 57.3 Å². The Balaban J connectivity index is 1.32. The van der Waals surface area contributed by atoms with Gasteiger partial charge in [0, 0.05) is 24.6 Å². The van der Waals surface area contributed by atoms with Gasteiger partial charge in [0.25, 0.3) is 5.56 Å². The molecule has 2 heterocycles. The van der Waals surface area contributed by atoms with Gasteiger partial charge in [-0.25, -0.2) is 4.68 Å². The molecule has 1 aliphatic heterocycles. The number of hydrogen-bond acceptors (Lipinski definition) is 4. The van der Waals surface area contributed by atoms with Crippen molar-refractivity contribution in [2.45, 2.75) is 69.4 Å². The van der Waals surface area contributed by atoms with E-state index >= 15 is 0 Å². The van der Waals surface area contributed by atoms with Crippen molar-refractivity contribution >= 4 is 5.91 Å². The lowest BCUT2D eigenvalue weighted by atomic mass is 9.90. The van der Waals surface area contributed by atoms with Crippen molar-refractivity contribution in [1.29, 1.82) is 0 Å². The second-order valence-corrected chi connectivity index (χ2v) is 8.43. The molecular weight excluding hydrogens is 328 g/mol. The predicted molar refractivity (Wildman–Crippen MR) is 100 cm³/mol. The van der Waals surface area contributed by atoms with Gasteiger partial charge in [0.05, 0.1) is 17.7 Å². The van der Waals surface area contributed by atoms with Crippen LogP contribution >= 0.6 is 0 Å². The summed E-state index contributed by atoms with van der Waals surface area (Å²) in [6.45, 7) is 1.96. The Kier molecular flexibility index (Phi) is 5.11. The lowest BCUT2D eigenvalue weighted by molar-refractivity contribution is -0.127. The van der Waals surface area contributed by atoms with Crippen LogP contribution in [0.5, 0.6) is 0 Å². The lowest BCUT2D eigenvalue weighted by Crippen LogP contribution is -2.46. The van der Waals surface area contributed by atoms with E-state index in [4.69, 9.17) is 0 Å². The van der Waals surface area contributed by atoms with Crippen molar-refractivity contribution in [2.75, 3.05) is 20.1 Å². The third-order valence-corrected chi connectivity index (χ3v) is 6.23. The smallest absolute Gasteiger partial charge is 0.267 e. The number of nitrogens with zero attached hydrogens (tertiary/aromatic N) is 3. The van der Waals surface area contributed by atoms with Gasteiger partial charge in [0.15, 0.2) is 0 Å². The summed E-state index contributed by atoms with van der Waals surface area (Å²) in [4.78, 5) is 27.0. The minimum atomic E-state index is 0.00660. The molecule has 1 aromatic heterocycles. The number of rotatable bonds is 4. The molecule has 2 aliphatic carbocycles. The van der Waals surface area contributed by atoms with Crippen molar-refractivity contribution in [2.24, 2.45) is 5.92 Å². The molecule has 142 valence electrons. The second-order valence-electron chi connectivity index (χ2n) is 8.43. The van der Waals surface area contributed by atoms with Crippen LogP contribution in [0, 0.1) is 5.92 Å². The van der Waals surface area contributed by atoms with Crippen LogP contribution in [-0.2, 0) is 4.79 Å². The first-order valence-electron chi connectivity index (χ1n) is 10.2. The predicted octanol–water partition coefficient (Wildman–Crippen LogP) is 2.06. The fourth-order valence-electron chi connectivity index (χ4n) is 4.46. The number of carbonyl (C=O) groups is 1. The summed E-state index contributed by atoms with van der Waals surface area (Å²) in [7, 11) is 2.09. The first-order chi connectivity index (χ1) is 12.6. The van der Waals surface area contributed by atoms with Crippen molar-refractivity contribution in [3.63, 3.8) is 0 Å². The first-order valence-corrected chi connectivity index (χ1v) is 10.2. The molecule has 26 heavy (non-hydrogen) atoms. The molecule has 0 aromatic carbocycles. The topological polar surface area (TPSA) is 67.2 Å². The fraction of sp³-hybridized carbons (Fsp3) is 0.750. The molecule has 1 aromatic rings. The number of aromatic nitrogens is 2. The van der Waals surface area contributed by atoms with E-state index in [-0.39, 0.29) is 29.5 Å². The van der Waals surface area contributed by atoms with E-state index < -0.39 is 0 Å². The number of hydrogen-bond donors (Lipinski definition) is 1. The molecule has 0 radical (unpaired) electrons. The highest BCUT2D eigenvalue weighted by atomic mass is 16.2. The van der Waals surface area contributed by atoms with Crippen molar-refractivity contribution in [1.82, 2.24) is 20.0 Å². The lowest BCUT2D eigenvalue weighted by Gasteiger charge is -2.33.